The van der Waals surface area contributed by atoms with E-state index < -0.39 is 18.0 Å². The summed E-state index contributed by atoms with van der Waals surface area (Å²) in [6, 6.07) is 2.89. The second-order valence-electron chi connectivity index (χ2n) is 8.47. The standard InChI is InChI=1S/C25H41NO6/c1-2-3-4-5-6-7-8-9-10-11-12-13-14-15-24(29)31-32-25(30)22(26)18-20-16-17-21(27)19-23(20)28/h16-17,19,22,27-28H,2-15,18,26H2,1H3. The number of unbranched alkanes of at least 4 members (excludes halogenated alkanes) is 12. The topological polar surface area (TPSA) is 119 Å². The van der Waals surface area contributed by atoms with Crippen molar-refractivity contribution in [3.05, 3.63) is 23.8 Å². The van der Waals surface area contributed by atoms with Gasteiger partial charge in [0.2, 0.25) is 0 Å². The van der Waals surface area contributed by atoms with E-state index in [1.807, 2.05) is 0 Å². The van der Waals surface area contributed by atoms with Gasteiger partial charge in [0.1, 0.15) is 17.5 Å². The third-order valence-corrected chi connectivity index (χ3v) is 5.51. The summed E-state index contributed by atoms with van der Waals surface area (Å²) in [5.41, 5.74) is 6.11. The number of carbonyl (C=O) groups is 2. The van der Waals surface area contributed by atoms with E-state index >= 15 is 0 Å². The van der Waals surface area contributed by atoms with Crippen LogP contribution in [-0.2, 0) is 25.8 Å². The van der Waals surface area contributed by atoms with E-state index in [9.17, 15) is 19.8 Å². The molecule has 0 aliphatic carbocycles. The molecule has 0 saturated heterocycles. The summed E-state index contributed by atoms with van der Waals surface area (Å²) in [5, 5.41) is 19.0. The second-order valence-corrected chi connectivity index (χ2v) is 8.47. The zero-order valence-electron chi connectivity index (χ0n) is 19.5. The lowest BCUT2D eigenvalue weighted by Gasteiger charge is -2.11. The molecule has 0 fully saturated rings. The predicted molar refractivity (Wildman–Crippen MR) is 124 cm³/mol. The molecule has 1 aromatic rings. The van der Waals surface area contributed by atoms with Crippen LogP contribution in [0.5, 0.6) is 11.5 Å². The monoisotopic (exact) mass is 451 g/mol. The normalized spacial score (nSPS) is 11.8. The van der Waals surface area contributed by atoms with Crippen molar-refractivity contribution in [3.63, 3.8) is 0 Å². The number of phenols is 2. The van der Waals surface area contributed by atoms with E-state index in [0.717, 1.165) is 18.9 Å². The van der Waals surface area contributed by atoms with Gasteiger partial charge in [-0.3, -0.25) is 0 Å². The van der Waals surface area contributed by atoms with E-state index in [0.29, 0.717) is 12.0 Å². The van der Waals surface area contributed by atoms with Crippen LogP contribution in [0.25, 0.3) is 0 Å². The van der Waals surface area contributed by atoms with Crippen molar-refractivity contribution in [1.29, 1.82) is 0 Å². The minimum atomic E-state index is -1.10. The molecule has 0 aromatic heterocycles. The van der Waals surface area contributed by atoms with Gasteiger partial charge < -0.3 is 15.9 Å². The fourth-order valence-corrected chi connectivity index (χ4v) is 3.52. The molecule has 0 saturated carbocycles. The van der Waals surface area contributed by atoms with Gasteiger partial charge in [-0.25, -0.2) is 19.4 Å². The molecule has 7 nitrogen and oxygen atoms in total. The highest BCUT2D eigenvalue weighted by molar-refractivity contribution is 5.77. The lowest BCUT2D eigenvalue weighted by molar-refractivity contribution is -0.260. The summed E-state index contributed by atoms with van der Waals surface area (Å²) < 4.78 is 0. The Kier molecular flexibility index (Phi) is 15.0. The second kappa shape index (κ2) is 17.3. The van der Waals surface area contributed by atoms with Crippen LogP contribution in [0.2, 0.25) is 0 Å². The molecule has 7 heteroatoms. The minimum absolute atomic E-state index is 0.0125. The Labute approximate surface area is 192 Å². The maximum atomic E-state index is 11.9. The number of carbonyl (C=O) groups excluding carboxylic acids is 2. The average Bonchev–Trinajstić information content (AvgIpc) is 2.77. The highest BCUT2D eigenvalue weighted by atomic mass is 17.2. The number of aromatic hydroxyl groups is 2. The summed E-state index contributed by atoms with van der Waals surface area (Å²) in [6.07, 6.45) is 16.0. The van der Waals surface area contributed by atoms with Crippen LogP contribution < -0.4 is 5.73 Å². The summed E-state index contributed by atoms with van der Waals surface area (Å²) in [4.78, 5) is 32.6. The Balaban J connectivity index is 2.00. The van der Waals surface area contributed by atoms with Crippen molar-refractivity contribution in [2.24, 2.45) is 5.73 Å². The van der Waals surface area contributed by atoms with Crippen molar-refractivity contribution in [2.45, 2.75) is 109 Å². The predicted octanol–water partition coefficient (Wildman–Crippen LogP) is 5.45. The van der Waals surface area contributed by atoms with Gasteiger partial charge in [0, 0.05) is 12.5 Å². The first kappa shape index (κ1) is 27.8. The number of benzene rings is 1. The van der Waals surface area contributed by atoms with Gasteiger partial charge >= 0.3 is 11.9 Å². The number of hydrogen-bond donors (Lipinski definition) is 3. The van der Waals surface area contributed by atoms with E-state index in [1.54, 1.807) is 0 Å². The molecule has 1 unspecified atom stereocenters. The van der Waals surface area contributed by atoms with Crippen LogP contribution in [-0.4, -0.2) is 28.2 Å². The van der Waals surface area contributed by atoms with Gasteiger partial charge in [-0.2, -0.15) is 0 Å². The molecule has 4 N–H and O–H groups in total. The molecular weight excluding hydrogens is 410 g/mol. The van der Waals surface area contributed by atoms with Crippen molar-refractivity contribution < 1.29 is 29.6 Å². The molecule has 32 heavy (non-hydrogen) atoms. The minimum Gasteiger partial charge on any atom is -0.508 e. The molecular formula is C25H41NO6. The molecule has 0 spiro atoms. The number of nitrogens with two attached hydrogens (primary N) is 1. The van der Waals surface area contributed by atoms with Crippen molar-refractivity contribution in [1.82, 2.24) is 0 Å². The Hall–Kier alpha value is -2.28. The van der Waals surface area contributed by atoms with Crippen molar-refractivity contribution in [2.75, 3.05) is 0 Å². The zero-order valence-corrected chi connectivity index (χ0v) is 19.5. The molecule has 0 aliphatic heterocycles. The van der Waals surface area contributed by atoms with Gasteiger partial charge in [0.25, 0.3) is 0 Å². The Morgan fingerprint density at radius 3 is 1.91 bits per heavy atom. The number of hydrogen-bond acceptors (Lipinski definition) is 7. The van der Waals surface area contributed by atoms with Gasteiger partial charge in [0.15, 0.2) is 0 Å². The Morgan fingerprint density at radius 1 is 0.844 bits per heavy atom. The molecule has 1 atom stereocenters. The Morgan fingerprint density at radius 2 is 1.38 bits per heavy atom. The lowest BCUT2D eigenvalue weighted by atomic mass is 10.0. The van der Waals surface area contributed by atoms with Gasteiger partial charge in [0.05, 0.1) is 6.42 Å². The van der Waals surface area contributed by atoms with Crippen molar-refractivity contribution in [3.8, 4) is 11.5 Å². The van der Waals surface area contributed by atoms with E-state index in [1.165, 1.54) is 76.3 Å². The molecule has 0 bridgehead atoms. The highest BCUT2D eigenvalue weighted by Gasteiger charge is 2.20. The summed E-state index contributed by atoms with van der Waals surface area (Å²) in [6.45, 7) is 2.24. The third-order valence-electron chi connectivity index (χ3n) is 5.51. The molecule has 182 valence electrons. The largest absolute Gasteiger partial charge is 0.508 e. The SMILES string of the molecule is CCCCCCCCCCCCCCCC(=O)OOC(=O)C(N)Cc1ccc(O)cc1O. The summed E-state index contributed by atoms with van der Waals surface area (Å²) >= 11 is 0. The van der Waals surface area contributed by atoms with Gasteiger partial charge in [-0.05, 0) is 18.1 Å². The van der Waals surface area contributed by atoms with E-state index in [4.69, 9.17) is 5.73 Å². The lowest BCUT2D eigenvalue weighted by Crippen LogP contribution is -2.34. The molecule has 1 aromatic carbocycles. The van der Waals surface area contributed by atoms with Crippen molar-refractivity contribution >= 4 is 11.9 Å². The van der Waals surface area contributed by atoms with Gasteiger partial charge in [-0.15, -0.1) is 0 Å². The first-order valence-corrected chi connectivity index (χ1v) is 12.1. The maximum absolute atomic E-state index is 11.9. The van der Waals surface area contributed by atoms with E-state index in [2.05, 4.69) is 16.7 Å². The number of phenolic OH excluding ortho intramolecular Hbond substituents is 2. The quantitative estimate of drug-likeness (QED) is 0.164. The highest BCUT2D eigenvalue weighted by Crippen LogP contribution is 2.23. The number of rotatable bonds is 17. The molecule has 1 rings (SSSR count). The molecule has 0 radical (unpaired) electrons. The first-order chi connectivity index (χ1) is 15.4. The molecule has 0 aliphatic rings. The fraction of sp³-hybridized carbons (Fsp3) is 0.680. The van der Waals surface area contributed by atoms with Gasteiger partial charge in [-0.1, -0.05) is 90.0 Å². The summed E-state index contributed by atoms with van der Waals surface area (Å²) in [7, 11) is 0. The van der Waals surface area contributed by atoms with Crippen LogP contribution in [0.3, 0.4) is 0 Å². The zero-order chi connectivity index (χ0) is 23.6. The first-order valence-electron chi connectivity index (χ1n) is 12.1. The molecule has 0 amide bonds. The van der Waals surface area contributed by atoms with Crippen LogP contribution in [0.4, 0.5) is 0 Å². The summed E-state index contributed by atoms with van der Waals surface area (Å²) in [5.74, 6) is -1.76. The van der Waals surface area contributed by atoms with Crippen LogP contribution >= 0.6 is 0 Å². The maximum Gasteiger partial charge on any atom is 0.372 e. The Bertz CT molecular complexity index is 664. The average molecular weight is 452 g/mol. The third kappa shape index (κ3) is 13.2. The molecule has 0 heterocycles. The smallest absolute Gasteiger partial charge is 0.372 e. The van der Waals surface area contributed by atoms with Crippen LogP contribution in [0, 0.1) is 0 Å². The van der Waals surface area contributed by atoms with Crippen LogP contribution in [0.15, 0.2) is 18.2 Å². The van der Waals surface area contributed by atoms with Crippen LogP contribution in [0.1, 0.15) is 102 Å². The van der Waals surface area contributed by atoms with E-state index in [-0.39, 0.29) is 24.3 Å². The fourth-order valence-electron chi connectivity index (χ4n) is 3.52.